The lowest BCUT2D eigenvalue weighted by Gasteiger charge is -2.33. The number of hydrogen-bond acceptors (Lipinski definition) is 3. The molecule has 0 spiro atoms. The molecule has 0 aromatic rings. The minimum absolute atomic E-state index is 0.323. The van der Waals surface area contributed by atoms with Crippen molar-refractivity contribution in [3.63, 3.8) is 0 Å². The maximum absolute atomic E-state index is 11.4. The van der Waals surface area contributed by atoms with Crippen LogP contribution in [0.25, 0.3) is 0 Å². The van der Waals surface area contributed by atoms with Gasteiger partial charge in [-0.1, -0.05) is 6.92 Å². The van der Waals surface area contributed by atoms with Crippen LogP contribution in [0.15, 0.2) is 0 Å². The molecule has 0 aromatic carbocycles. The summed E-state index contributed by atoms with van der Waals surface area (Å²) in [7, 11) is -3.01. The Kier molecular flexibility index (Phi) is 4.55. The molecule has 0 amide bonds. The molecule has 0 saturated carbocycles. The van der Waals surface area contributed by atoms with E-state index in [2.05, 4.69) is 19.2 Å². The molecule has 2 unspecified atom stereocenters. The van der Waals surface area contributed by atoms with E-state index in [1.165, 1.54) is 6.26 Å². The molecule has 0 radical (unpaired) electrons. The summed E-state index contributed by atoms with van der Waals surface area (Å²) in [6, 6.07) is 0.790. The quantitative estimate of drug-likeness (QED) is 0.783. The average Bonchev–Trinajstić information content (AvgIpc) is 2.17. The monoisotopic (exact) mass is 234 g/mol. The van der Waals surface area contributed by atoms with Crippen LogP contribution < -0.4 is 5.32 Å². The Morgan fingerprint density at radius 2 is 2.20 bits per heavy atom. The van der Waals surface area contributed by atoms with Crippen LogP contribution in [0.2, 0.25) is 0 Å². The van der Waals surface area contributed by atoms with E-state index in [1.54, 1.807) is 4.31 Å². The number of nitrogens with zero attached hydrogens (tertiary/aromatic N) is 1. The molecule has 0 aliphatic carbocycles. The Balaban J connectivity index is 2.49. The third-order valence-corrected chi connectivity index (χ3v) is 4.26. The second-order valence-corrected chi connectivity index (χ2v) is 6.42. The van der Waals surface area contributed by atoms with E-state index in [0.717, 1.165) is 19.3 Å². The third kappa shape index (κ3) is 4.09. The summed E-state index contributed by atoms with van der Waals surface area (Å²) < 4.78 is 24.4. The number of nitrogens with one attached hydrogen (secondary N) is 1. The van der Waals surface area contributed by atoms with E-state index in [-0.39, 0.29) is 0 Å². The van der Waals surface area contributed by atoms with Gasteiger partial charge in [-0.15, -0.1) is 0 Å². The molecular formula is C10H22N2O2S. The van der Waals surface area contributed by atoms with E-state index in [1.807, 2.05) is 0 Å². The molecule has 15 heavy (non-hydrogen) atoms. The van der Waals surface area contributed by atoms with Crippen LogP contribution in [0, 0.1) is 0 Å². The summed E-state index contributed by atoms with van der Waals surface area (Å²) in [6.45, 7) is 5.58. The van der Waals surface area contributed by atoms with E-state index in [4.69, 9.17) is 0 Å². The largest absolute Gasteiger partial charge is 0.310 e. The summed E-state index contributed by atoms with van der Waals surface area (Å²) in [5, 5.41) is 3.46. The van der Waals surface area contributed by atoms with E-state index in [0.29, 0.717) is 25.2 Å². The van der Waals surface area contributed by atoms with Crippen LogP contribution in [0.1, 0.15) is 33.1 Å². The molecule has 1 aliphatic rings. The minimum Gasteiger partial charge on any atom is -0.310 e. The third-order valence-electron chi connectivity index (χ3n) is 2.99. The van der Waals surface area contributed by atoms with Crippen LogP contribution in [-0.2, 0) is 10.0 Å². The van der Waals surface area contributed by atoms with Crippen molar-refractivity contribution in [1.29, 1.82) is 0 Å². The van der Waals surface area contributed by atoms with Crippen LogP contribution in [-0.4, -0.2) is 44.2 Å². The van der Waals surface area contributed by atoms with Gasteiger partial charge < -0.3 is 5.32 Å². The van der Waals surface area contributed by atoms with Gasteiger partial charge in [-0.25, -0.2) is 12.7 Å². The molecule has 90 valence electrons. The molecule has 5 heteroatoms. The highest BCUT2D eigenvalue weighted by Gasteiger charge is 2.25. The maximum atomic E-state index is 11.4. The molecule has 0 bridgehead atoms. The predicted molar refractivity (Wildman–Crippen MR) is 62.3 cm³/mol. The first-order valence-corrected chi connectivity index (χ1v) is 7.49. The molecule has 1 rings (SSSR count). The molecule has 1 fully saturated rings. The molecule has 1 saturated heterocycles. The second kappa shape index (κ2) is 5.27. The number of piperidine rings is 1. The number of hydrogen-bond donors (Lipinski definition) is 1. The van der Waals surface area contributed by atoms with Gasteiger partial charge in [0.05, 0.1) is 6.26 Å². The maximum Gasteiger partial charge on any atom is 0.211 e. The Hall–Kier alpha value is -0.130. The van der Waals surface area contributed by atoms with E-state index < -0.39 is 10.0 Å². The summed E-state index contributed by atoms with van der Waals surface area (Å²) in [6.07, 6.45) is 4.41. The smallest absolute Gasteiger partial charge is 0.211 e. The van der Waals surface area contributed by atoms with Gasteiger partial charge in [0.2, 0.25) is 10.0 Å². The zero-order valence-corrected chi connectivity index (χ0v) is 10.7. The van der Waals surface area contributed by atoms with E-state index >= 15 is 0 Å². The Morgan fingerprint density at radius 1 is 1.53 bits per heavy atom. The molecule has 2 atom stereocenters. The first-order chi connectivity index (χ1) is 6.93. The van der Waals surface area contributed by atoms with Crippen LogP contribution >= 0.6 is 0 Å². The van der Waals surface area contributed by atoms with Crippen molar-refractivity contribution in [2.24, 2.45) is 0 Å². The zero-order valence-electron chi connectivity index (χ0n) is 9.86. The van der Waals surface area contributed by atoms with Crippen molar-refractivity contribution in [3.05, 3.63) is 0 Å². The highest BCUT2D eigenvalue weighted by molar-refractivity contribution is 7.88. The standard InChI is InChI=1S/C10H22N2O2S/c1-4-9(2)11-10-6-5-7-12(8-10)15(3,13)14/h9-11H,4-8H2,1-3H3. The van der Waals surface area contributed by atoms with Gasteiger partial charge >= 0.3 is 0 Å². The van der Waals surface area contributed by atoms with E-state index in [9.17, 15) is 8.42 Å². The van der Waals surface area contributed by atoms with Crippen LogP contribution in [0.5, 0.6) is 0 Å². The normalized spacial score (nSPS) is 26.5. The Labute approximate surface area is 93.1 Å². The summed E-state index contributed by atoms with van der Waals surface area (Å²) in [5.41, 5.74) is 0. The van der Waals surface area contributed by atoms with Crippen molar-refractivity contribution in [1.82, 2.24) is 9.62 Å². The first kappa shape index (κ1) is 12.9. The minimum atomic E-state index is -3.01. The van der Waals surface area contributed by atoms with Crippen molar-refractivity contribution < 1.29 is 8.42 Å². The highest BCUT2D eigenvalue weighted by atomic mass is 32.2. The molecule has 1 heterocycles. The van der Waals surface area contributed by atoms with Crippen LogP contribution in [0.4, 0.5) is 0 Å². The van der Waals surface area contributed by atoms with Gasteiger partial charge in [0.1, 0.15) is 0 Å². The van der Waals surface area contributed by atoms with Gasteiger partial charge in [0, 0.05) is 25.2 Å². The predicted octanol–water partition coefficient (Wildman–Crippen LogP) is 0.798. The summed E-state index contributed by atoms with van der Waals surface area (Å²) in [5.74, 6) is 0. The van der Waals surface area contributed by atoms with Crippen molar-refractivity contribution in [2.45, 2.75) is 45.2 Å². The number of rotatable bonds is 4. The lowest BCUT2D eigenvalue weighted by atomic mass is 10.1. The van der Waals surface area contributed by atoms with Gasteiger partial charge in [-0.05, 0) is 26.2 Å². The van der Waals surface area contributed by atoms with Gasteiger partial charge in [0.25, 0.3) is 0 Å². The topological polar surface area (TPSA) is 49.4 Å². The second-order valence-electron chi connectivity index (χ2n) is 4.44. The van der Waals surface area contributed by atoms with Crippen molar-refractivity contribution in [2.75, 3.05) is 19.3 Å². The van der Waals surface area contributed by atoms with Crippen molar-refractivity contribution in [3.8, 4) is 0 Å². The van der Waals surface area contributed by atoms with Crippen LogP contribution in [0.3, 0.4) is 0 Å². The zero-order chi connectivity index (χ0) is 11.5. The molecular weight excluding hydrogens is 212 g/mol. The fourth-order valence-electron chi connectivity index (χ4n) is 1.90. The van der Waals surface area contributed by atoms with Gasteiger partial charge in [-0.3, -0.25) is 0 Å². The SMILES string of the molecule is CCC(C)NC1CCCN(S(C)(=O)=O)C1. The lowest BCUT2D eigenvalue weighted by molar-refractivity contribution is 0.269. The lowest BCUT2D eigenvalue weighted by Crippen LogP contribution is -2.49. The fourth-order valence-corrected chi connectivity index (χ4v) is 2.81. The average molecular weight is 234 g/mol. The van der Waals surface area contributed by atoms with Gasteiger partial charge in [-0.2, -0.15) is 0 Å². The highest BCUT2D eigenvalue weighted by Crippen LogP contribution is 2.13. The van der Waals surface area contributed by atoms with Gasteiger partial charge in [0.15, 0.2) is 0 Å². The first-order valence-electron chi connectivity index (χ1n) is 5.64. The fraction of sp³-hybridized carbons (Fsp3) is 1.00. The summed E-state index contributed by atoms with van der Waals surface area (Å²) in [4.78, 5) is 0. The molecule has 1 aliphatic heterocycles. The molecule has 0 aromatic heterocycles. The van der Waals surface area contributed by atoms with Crippen molar-refractivity contribution >= 4 is 10.0 Å². The summed E-state index contributed by atoms with van der Waals surface area (Å²) >= 11 is 0. The Morgan fingerprint density at radius 3 is 2.73 bits per heavy atom. The number of sulfonamides is 1. The molecule has 4 nitrogen and oxygen atoms in total. The Bertz CT molecular complexity index is 290. The molecule has 1 N–H and O–H groups in total.